The fourth-order valence-electron chi connectivity index (χ4n) is 2.08. The van der Waals surface area contributed by atoms with Crippen molar-refractivity contribution < 1.29 is 14.1 Å². The third kappa shape index (κ3) is 3.00. The van der Waals surface area contributed by atoms with Gasteiger partial charge in [-0.15, -0.1) is 0 Å². The van der Waals surface area contributed by atoms with Gasteiger partial charge >= 0.3 is 0 Å². The van der Waals surface area contributed by atoms with Gasteiger partial charge in [-0.2, -0.15) is 0 Å². The lowest BCUT2D eigenvalue weighted by molar-refractivity contribution is -0.385. The van der Waals surface area contributed by atoms with Gasteiger partial charge in [0.1, 0.15) is 17.3 Å². The van der Waals surface area contributed by atoms with Crippen molar-refractivity contribution >= 4 is 5.69 Å². The second-order valence-electron chi connectivity index (χ2n) is 4.70. The second kappa shape index (κ2) is 5.88. The Hall–Kier alpha value is -2.47. The summed E-state index contributed by atoms with van der Waals surface area (Å²) < 4.78 is 19.5. The lowest BCUT2D eigenvalue weighted by atomic mass is 10.1. The lowest BCUT2D eigenvalue weighted by Gasteiger charge is -2.15. The van der Waals surface area contributed by atoms with Crippen LogP contribution in [0.5, 0.6) is 11.5 Å². The average molecular weight is 290 g/mol. The maximum atomic E-state index is 13.8. The summed E-state index contributed by atoms with van der Waals surface area (Å²) in [6.07, 6.45) is 0. The zero-order chi connectivity index (χ0) is 15.6. The Morgan fingerprint density at radius 2 is 1.86 bits per heavy atom. The minimum atomic E-state index is -0.555. The molecule has 2 aromatic carbocycles. The summed E-state index contributed by atoms with van der Waals surface area (Å²) in [6.45, 7) is 3.23. The van der Waals surface area contributed by atoms with Gasteiger partial charge in [-0.05, 0) is 32.0 Å². The van der Waals surface area contributed by atoms with Crippen molar-refractivity contribution in [2.24, 2.45) is 5.73 Å². The molecule has 0 spiro atoms. The minimum absolute atomic E-state index is 0.0498. The summed E-state index contributed by atoms with van der Waals surface area (Å²) >= 11 is 0. The molecule has 1 atom stereocenters. The Morgan fingerprint density at radius 1 is 1.24 bits per heavy atom. The van der Waals surface area contributed by atoms with E-state index in [4.69, 9.17) is 10.5 Å². The van der Waals surface area contributed by atoms with Gasteiger partial charge < -0.3 is 10.5 Å². The van der Waals surface area contributed by atoms with Gasteiger partial charge in [0.25, 0.3) is 5.69 Å². The number of hydrogen-bond donors (Lipinski definition) is 1. The van der Waals surface area contributed by atoms with Crippen molar-refractivity contribution in [3.63, 3.8) is 0 Å². The molecule has 0 fully saturated rings. The predicted octanol–water partition coefficient (Wildman–Crippen LogP) is 3.85. The fourth-order valence-corrected chi connectivity index (χ4v) is 2.08. The molecule has 0 aliphatic heterocycles. The molecular formula is C15H15FN2O3. The van der Waals surface area contributed by atoms with Crippen molar-refractivity contribution in [3.05, 3.63) is 63.5 Å². The highest BCUT2D eigenvalue weighted by Gasteiger charge is 2.18. The minimum Gasteiger partial charge on any atom is -0.456 e. The van der Waals surface area contributed by atoms with Crippen molar-refractivity contribution in [2.45, 2.75) is 19.9 Å². The standard InChI is InChI=1S/C15H15FN2O3/c1-9-12(18(19)20)6-4-7-13(9)21-14-8-3-5-11(16)15(14)10(2)17/h3-8,10H,17H2,1-2H3. The highest BCUT2D eigenvalue weighted by molar-refractivity contribution is 5.51. The topological polar surface area (TPSA) is 78.4 Å². The largest absolute Gasteiger partial charge is 0.456 e. The van der Waals surface area contributed by atoms with Gasteiger partial charge in [0, 0.05) is 17.7 Å². The van der Waals surface area contributed by atoms with E-state index in [1.165, 1.54) is 24.3 Å². The van der Waals surface area contributed by atoms with Gasteiger partial charge in [0.2, 0.25) is 0 Å². The van der Waals surface area contributed by atoms with Crippen LogP contribution in [0.15, 0.2) is 36.4 Å². The number of nitrogens with zero attached hydrogens (tertiary/aromatic N) is 1. The number of halogens is 1. The van der Waals surface area contributed by atoms with Crippen molar-refractivity contribution in [3.8, 4) is 11.5 Å². The summed E-state index contributed by atoms with van der Waals surface area (Å²) in [5, 5.41) is 10.9. The molecule has 0 saturated carbocycles. The molecule has 0 amide bonds. The van der Waals surface area contributed by atoms with Crippen LogP contribution in [0.1, 0.15) is 24.1 Å². The normalized spacial score (nSPS) is 12.0. The van der Waals surface area contributed by atoms with Crippen LogP contribution < -0.4 is 10.5 Å². The Kier molecular flexibility index (Phi) is 4.18. The van der Waals surface area contributed by atoms with Gasteiger partial charge in [-0.25, -0.2) is 4.39 Å². The fraction of sp³-hybridized carbons (Fsp3) is 0.200. The molecule has 2 rings (SSSR count). The van der Waals surface area contributed by atoms with E-state index in [1.807, 2.05) is 0 Å². The van der Waals surface area contributed by atoms with Gasteiger partial charge in [-0.3, -0.25) is 10.1 Å². The first-order valence-corrected chi connectivity index (χ1v) is 6.37. The van der Waals surface area contributed by atoms with E-state index in [9.17, 15) is 14.5 Å². The lowest BCUT2D eigenvalue weighted by Crippen LogP contribution is -2.09. The van der Waals surface area contributed by atoms with Crippen molar-refractivity contribution in [1.29, 1.82) is 0 Å². The third-order valence-electron chi connectivity index (χ3n) is 3.14. The Morgan fingerprint density at radius 3 is 2.48 bits per heavy atom. The van der Waals surface area contributed by atoms with Crippen LogP contribution in [0.2, 0.25) is 0 Å². The first-order chi connectivity index (χ1) is 9.91. The third-order valence-corrected chi connectivity index (χ3v) is 3.14. The number of rotatable bonds is 4. The zero-order valence-electron chi connectivity index (χ0n) is 11.7. The van der Waals surface area contributed by atoms with Gasteiger partial charge in [0.15, 0.2) is 0 Å². The van der Waals surface area contributed by atoms with E-state index >= 15 is 0 Å². The second-order valence-corrected chi connectivity index (χ2v) is 4.70. The summed E-state index contributed by atoms with van der Waals surface area (Å²) in [4.78, 5) is 10.4. The molecule has 1 unspecified atom stereocenters. The average Bonchev–Trinajstić information content (AvgIpc) is 2.40. The van der Waals surface area contributed by atoms with Crippen molar-refractivity contribution in [1.82, 2.24) is 0 Å². The predicted molar refractivity (Wildman–Crippen MR) is 76.9 cm³/mol. The van der Waals surface area contributed by atoms with E-state index in [0.717, 1.165) is 0 Å². The number of nitrogens with two attached hydrogens (primary N) is 1. The Labute approximate surface area is 121 Å². The van der Waals surface area contributed by atoms with E-state index < -0.39 is 16.8 Å². The van der Waals surface area contributed by atoms with Crippen LogP contribution in [-0.4, -0.2) is 4.92 Å². The van der Waals surface area contributed by atoms with Crippen LogP contribution in [0.25, 0.3) is 0 Å². The van der Waals surface area contributed by atoms with Crippen LogP contribution in [-0.2, 0) is 0 Å². The van der Waals surface area contributed by atoms with Crippen LogP contribution in [0.4, 0.5) is 10.1 Å². The first kappa shape index (κ1) is 14.9. The summed E-state index contributed by atoms with van der Waals surface area (Å²) in [6, 6.07) is 8.33. The van der Waals surface area contributed by atoms with Crippen LogP contribution >= 0.6 is 0 Å². The highest BCUT2D eigenvalue weighted by atomic mass is 19.1. The molecule has 0 aromatic heterocycles. The molecule has 6 heteroatoms. The Balaban J connectivity index is 2.47. The first-order valence-electron chi connectivity index (χ1n) is 6.37. The molecule has 0 bridgehead atoms. The smallest absolute Gasteiger partial charge is 0.276 e. The molecule has 0 heterocycles. The zero-order valence-corrected chi connectivity index (χ0v) is 11.7. The Bertz CT molecular complexity index is 687. The molecule has 0 radical (unpaired) electrons. The van der Waals surface area contributed by atoms with E-state index in [1.54, 1.807) is 26.0 Å². The molecule has 0 aliphatic rings. The summed E-state index contributed by atoms with van der Waals surface area (Å²) in [5.41, 5.74) is 6.32. The number of ether oxygens (including phenoxy) is 1. The molecule has 0 aliphatic carbocycles. The summed E-state index contributed by atoms with van der Waals surface area (Å²) in [7, 11) is 0. The maximum Gasteiger partial charge on any atom is 0.276 e. The van der Waals surface area contributed by atoms with E-state index in [0.29, 0.717) is 11.3 Å². The molecule has 2 aromatic rings. The molecule has 110 valence electrons. The van der Waals surface area contributed by atoms with E-state index in [-0.39, 0.29) is 17.0 Å². The molecule has 5 nitrogen and oxygen atoms in total. The maximum absolute atomic E-state index is 13.8. The van der Waals surface area contributed by atoms with E-state index in [2.05, 4.69) is 0 Å². The quantitative estimate of drug-likeness (QED) is 0.685. The number of benzene rings is 2. The summed E-state index contributed by atoms with van der Waals surface area (Å²) in [5.74, 6) is 0.0934. The van der Waals surface area contributed by atoms with Crippen LogP contribution in [0.3, 0.4) is 0 Å². The monoisotopic (exact) mass is 290 g/mol. The van der Waals surface area contributed by atoms with Crippen molar-refractivity contribution in [2.75, 3.05) is 0 Å². The number of hydrogen-bond acceptors (Lipinski definition) is 4. The number of nitro benzene ring substituents is 1. The SMILES string of the molecule is Cc1c(Oc2cccc(F)c2C(C)N)cccc1[N+](=O)[O-]. The van der Waals surface area contributed by atoms with Gasteiger partial charge in [0.05, 0.1) is 10.5 Å². The molecule has 21 heavy (non-hydrogen) atoms. The molecular weight excluding hydrogens is 275 g/mol. The molecule has 2 N–H and O–H groups in total. The van der Waals surface area contributed by atoms with Crippen LogP contribution in [0, 0.1) is 22.9 Å². The van der Waals surface area contributed by atoms with Gasteiger partial charge in [-0.1, -0.05) is 12.1 Å². The molecule has 0 saturated heterocycles. The number of nitro groups is 1. The highest BCUT2D eigenvalue weighted by Crippen LogP contribution is 2.34.